The zero-order chi connectivity index (χ0) is 15.2. The first-order valence-corrected chi connectivity index (χ1v) is 7.46. The van der Waals surface area contributed by atoms with Gasteiger partial charge >= 0.3 is 0 Å². The van der Waals surface area contributed by atoms with Crippen LogP contribution in [0.25, 0.3) is 0 Å². The number of hydrogen-bond donors (Lipinski definition) is 2. The standard InChI is InChI=1S/C16H23N3O2/c1-12-6-5-9-19(14(12)10-17)15(20)11-18-16(21)13-7-3-2-4-8-13/h2-4,7-8,12,14H,5-6,9-11,17H2,1H3,(H,18,21). The van der Waals surface area contributed by atoms with Crippen LogP contribution in [-0.2, 0) is 4.79 Å². The second-order valence-electron chi connectivity index (χ2n) is 5.56. The number of likely N-dealkylation sites (tertiary alicyclic amines) is 1. The minimum Gasteiger partial charge on any atom is -0.343 e. The number of benzene rings is 1. The van der Waals surface area contributed by atoms with Crippen LogP contribution in [0.3, 0.4) is 0 Å². The van der Waals surface area contributed by atoms with Gasteiger partial charge in [0.1, 0.15) is 0 Å². The summed E-state index contributed by atoms with van der Waals surface area (Å²) in [7, 11) is 0. The molecule has 0 bridgehead atoms. The van der Waals surface area contributed by atoms with Crippen LogP contribution in [0, 0.1) is 5.92 Å². The summed E-state index contributed by atoms with van der Waals surface area (Å²) in [5.41, 5.74) is 6.35. The molecule has 0 aromatic heterocycles. The molecule has 2 unspecified atom stereocenters. The highest BCUT2D eigenvalue weighted by Crippen LogP contribution is 2.22. The monoisotopic (exact) mass is 289 g/mol. The molecule has 1 aromatic carbocycles. The van der Waals surface area contributed by atoms with Crippen LogP contribution in [0.5, 0.6) is 0 Å². The van der Waals surface area contributed by atoms with E-state index in [1.165, 1.54) is 0 Å². The second-order valence-corrected chi connectivity index (χ2v) is 5.56. The lowest BCUT2D eigenvalue weighted by molar-refractivity contribution is -0.134. The molecule has 1 heterocycles. The molecule has 0 aliphatic carbocycles. The van der Waals surface area contributed by atoms with Crippen LogP contribution in [0.4, 0.5) is 0 Å². The van der Waals surface area contributed by atoms with Crippen molar-refractivity contribution in [2.45, 2.75) is 25.8 Å². The van der Waals surface area contributed by atoms with Crippen molar-refractivity contribution in [2.24, 2.45) is 11.7 Å². The lowest BCUT2D eigenvalue weighted by Gasteiger charge is -2.39. The first kappa shape index (κ1) is 15.5. The molecule has 114 valence electrons. The maximum absolute atomic E-state index is 12.3. The largest absolute Gasteiger partial charge is 0.343 e. The van der Waals surface area contributed by atoms with Gasteiger partial charge in [0.05, 0.1) is 6.54 Å². The van der Waals surface area contributed by atoms with E-state index in [0.717, 1.165) is 19.4 Å². The number of carbonyl (C=O) groups is 2. The molecule has 1 fully saturated rings. The predicted octanol–water partition coefficient (Wildman–Crippen LogP) is 1.00. The van der Waals surface area contributed by atoms with E-state index < -0.39 is 0 Å². The third-order valence-corrected chi connectivity index (χ3v) is 4.11. The Bertz CT molecular complexity index is 490. The SMILES string of the molecule is CC1CCCN(C(=O)CNC(=O)c2ccccc2)C1CN. The Labute approximate surface area is 125 Å². The highest BCUT2D eigenvalue weighted by Gasteiger charge is 2.30. The quantitative estimate of drug-likeness (QED) is 0.868. The van der Waals surface area contributed by atoms with Gasteiger partial charge in [-0.25, -0.2) is 0 Å². The van der Waals surface area contributed by atoms with Gasteiger partial charge in [0.25, 0.3) is 5.91 Å². The maximum Gasteiger partial charge on any atom is 0.251 e. The first-order chi connectivity index (χ1) is 10.1. The summed E-state index contributed by atoms with van der Waals surface area (Å²) in [6, 6.07) is 8.99. The van der Waals surface area contributed by atoms with E-state index >= 15 is 0 Å². The van der Waals surface area contributed by atoms with Gasteiger partial charge in [0.2, 0.25) is 5.91 Å². The second kappa shape index (κ2) is 7.22. The van der Waals surface area contributed by atoms with Crippen molar-refractivity contribution >= 4 is 11.8 Å². The van der Waals surface area contributed by atoms with E-state index in [-0.39, 0.29) is 24.4 Å². The summed E-state index contributed by atoms with van der Waals surface area (Å²) in [6.07, 6.45) is 2.10. The number of nitrogens with two attached hydrogens (primary N) is 1. The van der Waals surface area contributed by atoms with Crippen molar-refractivity contribution < 1.29 is 9.59 Å². The molecule has 2 amide bonds. The molecular weight excluding hydrogens is 266 g/mol. The smallest absolute Gasteiger partial charge is 0.251 e. The average molecular weight is 289 g/mol. The van der Waals surface area contributed by atoms with Crippen molar-refractivity contribution in [3.05, 3.63) is 35.9 Å². The van der Waals surface area contributed by atoms with E-state index in [0.29, 0.717) is 18.0 Å². The van der Waals surface area contributed by atoms with Gasteiger partial charge in [0.15, 0.2) is 0 Å². The third kappa shape index (κ3) is 3.82. The van der Waals surface area contributed by atoms with Crippen LogP contribution < -0.4 is 11.1 Å². The number of carbonyl (C=O) groups excluding carboxylic acids is 2. The van der Waals surface area contributed by atoms with Crippen LogP contribution >= 0.6 is 0 Å². The summed E-state index contributed by atoms with van der Waals surface area (Å²) in [4.78, 5) is 26.1. The van der Waals surface area contributed by atoms with Crippen molar-refractivity contribution in [2.75, 3.05) is 19.6 Å². The summed E-state index contributed by atoms with van der Waals surface area (Å²) in [5, 5.41) is 2.68. The van der Waals surface area contributed by atoms with Crippen molar-refractivity contribution in [3.8, 4) is 0 Å². The molecule has 1 saturated heterocycles. The number of hydrogen-bond acceptors (Lipinski definition) is 3. The number of piperidine rings is 1. The Morgan fingerprint density at radius 3 is 2.71 bits per heavy atom. The number of amides is 2. The zero-order valence-electron chi connectivity index (χ0n) is 12.4. The average Bonchev–Trinajstić information content (AvgIpc) is 2.52. The van der Waals surface area contributed by atoms with Gasteiger partial charge in [-0.15, -0.1) is 0 Å². The van der Waals surface area contributed by atoms with Crippen molar-refractivity contribution in [1.29, 1.82) is 0 Å². The molecule has 2 rings (SSSR count). The van der Waals surface area contributed by atoms with E-state index in [9.17, 15) is 9.59 Å². The van der Waals surface area contributed by atoms with Gasteiger partial charge in [-0.3, -0.25) is 9.59 Å². The van der Waals surface area contributed by atoms with Crippen LogP contribution in [0.1, 0.15) is 30.1 Å². The number of nitrogens with zero attached hydrogens (tertiary/aromatic N) is 1. The summed E-state index contributed by atoms with van der Waals surface area (Å²) in [5.74, 6) is 0.136. The number of nitrogens with one attached hydrogen (secondary N) is 1. The summed E-state index contributed by atoms with van der Waals surface area (Å²) < 4.78 is 0. The first-order valence-electron chi connectivity index (χ1n) is 7.46. The van der Waals surface area contributed by atoms with Gasteiger partial charge < -0.3 is 16.0 Å². The van der Waals surface area contributed by atoms with Gasteiger partial charge in [-0.05, 0) is 30.9 Å². The van der Waals surface area contributed by atoms with Gasteiger partial charge in [-0.1, -0.05) is 25.1 Å². The summed E-state index contributed by atoms with van der Waals surface area (Å²) >= 11 is 0. The molecule has 2 atom stereocenters. The Balaban J connectivity index is 1.90. The highest BCUT2D eigenvalue weighted by molar-refractivity contribution is 5.96. The maximum atomic E-state index is 12.3. The zero-order valence-corrected chi connectivity index (χ0v) is 12.4. The fourth-order valence-electron chi connectivity index (χ4n) is 2.87. The van der Waals surface area contributed by atoms with Gasteiger partial charge in [0, 0.05) is 24.7 Å². The minimum absolute atomic E-state index is 0.0247. The van der Waals surface area contributed by atoms with Crippen LogP contribution in [0.15, 0.2) is 30.3 Å². The minimum atomic E-state index is -0.224. The normalized spacial score (nSPS) is 21.9. The van der Waals surface area contributed by atoms with E-state index in [2.05, 4.69) is 12.2 Å². The van der Waals surface area contributed by atoms with Crippen molar-refractivity contribution in [3.63, 3.8) is 0 Å². The Hall–Kier alpha value is -1.88. The molecule has 5 nitrogen and oxygen atoms in total. The third-order valence-electron chi connectivity index (χ3n) is 4.11. The van der Waals surface area contributed by atoms with E-state index in [1.54, 1.807) is 24.3 Å². The van der Waals surface area contributed by atoms with Crippen LogP contribution in [0.2, 0.25) is 0 Å². The fraction of sp³-hybridized carbons (Fsp3) is 0.500. The highest BCUT2D eigenvalue weighted by atomic mass is 16.2. The summed E-state index contributed by atoms with van der Waals surface area (Å²) in [6.45, 7) is 3.35. The molecule has 0 radical (unpaired) electrons. The molecule has 1 aliphatic heterocycles. The molecule has 0 saturated carbocycles. The molecule has 1 aliphatic rings. The van der Waals surface area contributed by atoms with Crippen LogP contribution in [-0.4, -0.2) is 42.4 Å². The fourth-order valence-corrected chi connectivity index (χ4v) is 2.87. The van der Waals surface area contributed by atoms with Gasteiger partial charge in [-0.2, -0.15) is 0 Å². The number of rotatable bonds is 4. The lowest BCUT2D eigenvalue weighted by Crippen LogP contribution is -2.53. The van der Waals surface area contributed by atoms with E-state index in [1.807, 2.05) is 11.0 Å². The molecule has 1 aromatic rings. The van der Waals surface area contributed by atoms with Crippen molar-refractivity contribution in [1.82, 2.24) is 10.2 Å². The Morgan fingerprint density at radius 2 is 2.05 bits per heavy atom. The lowest BCUT2D eigenvalue weighted by atomic mass is 9.91. The molecule has 21 heavy (non-hydrogen) atoms. The molecular formula is C16H23N3O2. The topological polar surface area (TPSA) is 75.4 Å². The molecule has 3 N–H and O–H groups in total. The Morgan fingerprint density at radius 1 is 1.33 bits per heavy atom. The predicted molar refractivity (Wildman–Crippen MR) is 81.7 cm³/mol. The Kier molecular flexibility index (Phi) is 5.33. The molecule has 0 spiro atoms. The molecule has 5 heteroatoms. The van der Waals surface area contributed by atoms with E-state index in [4.69, 9.17) is 5.73 Å².